The van der Waals surface area contributed by atoms with Crippen molar-refractivity contribution in [1.29, 1.82) is 0 Å². The summed E-state index contributed by atoms with van der Waals surface area (Å²) in [6, 6.07) is 14.2. The third kappa shape index (κ3) is 5.35. The predicted octanol–water partition coefficient (Wildman–Crippen LogP) is 2.31. The van der Waals surface area contributed by atoms with Crippen molar-refractivity contribution in [3.63, 3.8) is 0 Å². The maximum absolute atomic E-state index is 11.7. The van der Waals surface area contributed by atoms with E-state index in [0.29, 0.717) is 5.56 Å². The van der Waals surface area contributed by atoms with E-state index in [4.69, 9.17) is 4.74 Å². The molecule has 0 aromatic heterocycles. The highest BCUT2D eigenvalue weighted by molar-refractivity contribution is 5.80. The topological polar surface area (TPSA) is 95.9 Å². The molecule has 0 saturated carbocycles. The molecule has 0 aliphatic carbocycles. The van der Waals surface area contributed by atoms with Gasteiger partial charge >= 0.3 is 12.1 Å². The maximum Gasteiger partial charge on any atom is 0.408 e. The van der Waals surface area contributed by atoms with E-state index in [1.165, 1.54) is 12.1 Å². The largest absolute Gasteiger partial charge is 0.508 e. The number of hydrogen-bond donors (Lipinski definition) is 3. The Labute approximate surface area is 133 Å². The lowest BCUT2D eigenvalue weighted by atomic mass is 10.1. The van der Waals surface area contributed by atoms with Crippen LogP contribution < -0.4 is 5.32 Å². The number of aromatic hydroxyl groups is 1. The number of amides is 1. The van der Waals surface area contributed by atoms with Gasteiger partial charge in [-0.05, 0) is 23.3 Å². The number of nitrogens with one attached hydrogen (secondary N) is 1. The summed E-state index contributed by atoms with van der Waals surface area (Å²) in [4.78, 5) is 23.0. The molecule has 0 saturated heterocycles. The van der Waals surface area contributed by atoms with Crippen LogP contribution in [0.15, 0.2) is 54.6 Å². The summed E-state index contributed by atoms with van der Waals surface area (Å²) in [6.07, 6.45) is -0.758. The molecule has 0 bridgehead atoms. The number of rotatable bonds is 6. The Hall–Kier alpha value is -3.02. The normalized spacial score (nSPS) is 11.5. The van der Waals surface area contributed by atoms with Crippen LogP contribution in [0.2, 0.25) is 0 Å². The van der Waals surface area contributed by atoms with Crippen molar-refractivity contribution < 1.29 is 24.5 Å². The SMILES string of the molecule is O=C(N[C@@H](Cc1cccc(O)c1)C(=O)O)OCc1ccccc1. The predicted molar refractivity (Wildman–Crippen MR) is 83.0 cm³/mol. The number of alkyl carbamates (subject to hydrolysis) is 1. The van der Waals surface area contributed by atoms with Crippen molar-refractivity contribution in [1.82, 2.24) is 5.32 Å². The maximum atomic E-state index is 11.7. The standard InChI is InChI=1S/C17H17NO5/c19-14-8-4-7-13(9-14)10-15(16(20)21)18-17(22)23-11-12-5-2-1-3-6-12/h1-9,15,19H,10-11H2,(H,18,22)(H,20,21)/t15-/m0/s1. The van der Waals surface area contributed by atoms with Gasteiger partial charge < -0.3 is 20.3 Å². The first-order valence-corrected chi connectivity index (χ1v) is 7.02. The lowest BCUT2D eigenvalue weighted by Crippen LogP contribution is -2.42. The van der Waals surface area contributed by atoms with E-state index >= 15 is 0 Å². The quantitative estimate of drug-likeness (QED) is 0.760. The van der Waals surface area contributed by atoms with Crippen LogP contribution in [0.3, 0.4) is 0 Å². The zero-order chi connectivity index (χ0) is 16.7. The number of phenols is 1. The Balaban J connectivity index is 1.91. The molecule has 120 valence electrons. The highest BCUT2D eigenvalue weighted by Gasteiger charge is 2.21. The number of aliphatic carboxylic acids is 1. The zero-order valence-corrected chi connectivity index (χ0v) is 12.3. The van der Waals surface area contributed by atoms with E-state index < -0.39 is 18.1 Å². The van der Waals surface area contributed by atoms with E-state index in [9.17, 15) is 19.8 Å². The fraction of sp³-hybridized carbons (Fsp3) is 0.176. The Morgan fingerprint density at radius 3 is 2.39 bits per heavy atom. The van der Waals surface area contributed by atoms with Gasteiger partial charge in [0.1, 0.15) is 18.4 Å². The van der Waals surface area contributed by atoms with Gasteiger partial charge in [0.05, 0.1) is 0 Å². The van der Waals surface area contributed by atoms with Gasteiger partial charge in [-0.15, -0.1) is 0 Å². The number of carbonyl (C=O) groups is 2. The summed E-state index contributed by atoms with van der Waals surface area (Å²) in [6.45, 7) is 0.0607. The van der Waals surface area contributed by atoms with Crippen LogP contribution in [0, 0.1) is 0 Å². The van der Waals surface area contributed by atoms with Crippen molar-refractivity contribution in [2.45, 2.75) is 19.1 Å². The lowest BCUT2D eigenvalue weighted by molar-refractivity contribution is -0.139. The zero-order valence-electron chi connectivity index (χ0n) is 12.3. The van der Waals surface area contributed by atoms with E-state index in [-0.39, 0.29) is 18.8 Å². The molecule has 0 fully saturated rings. The summed E-state index contributed by atoms with van der Waals surface area (Å²) >= 11 is 0. The van der Waals surface area contributed by atoms with Gasteiger partial charge in [-0.2, -0.15) is 0 Å². The van der Waals surface area contributed by atoms with Gasteiger partial charge in [0.15, 0.2) is 0 Å². The van der Waals surface area contributed by atoms with Gasteiger partial charge in [0.2, 0.25) is 0 Å². The number of carboxylic acids is 1. The first kappa shape index (κ1) is 16.4. The Morgan fingerprint density at radius 1 is 1.04 bits per heavy atom. The van der Waals surface area contributed by atoms with Crippen molar-refractivity contribution >= 4 is 12.1 Å². The molecule has 23 heavy (non-hydrogen) atoms. The van der Waals surface area contributed by atoms with Gasteiger partial charge in [-0.1, -0.05) is 42.5 Å². The Bertz CT molecular complexity index is 672. The lowest BCUT2D eigenvalue weighted by Gasteiger charge is -2.15. The monoisotopic (exact) mass is 315 g/mol. The van der Waals surface area contributed by atoms with Crippen LogP contribution in [-0.4, -0.2) is 28.3 Å². The molecule has 0 radical (unpaired) electrons. The molecule has 0 aliphatic heterocycles. The van der Waals surface area contributed by atoms with Gasteiger partial charge in [0, 0.05) is 6.42 Å². The van der Waals surface area contributed by atoms with Gasteiger partial charge in [0.25, 0.3) is 0 Å². The van der Waals surface area contributed by atoms with Crippen molar-refractivity contribution in [3.8, 4) is 5.75 Å². The van der Waals surface area contributed by atoms with E-state index in [2.05, 4.69) is 5.32 Å². The molecule has 0 unspecified atom stereocenters. The van der Waals surface area contributed by atoms with Crippen molar-refractivity contribution in [2.24, 2.45) is 0 Å². The van der Waals surface area contributed by atoms with Crippen LogP contribution >= 0.6 is 0 Å². The minimum Gasteiger partial charge on any atom is -0.508 e. The van der Waals surface area contributed by atoms with Crippen molar-refractivity contribution in [2.75, 3.05) is 0 Å². The Kier molecular flexibility index (Phi) is 5.57. The minimum absolute atomic E-state index is 0.0401. The summed E-state index contributed by atoms with van der Waals surface area (Å²) in [5, 5.41) is 20.9. The molecule has 2 aromatic rings. The fourth-order valence-electron chi connectivity index (χ4n) is 2.03. The van der Waals surface area contributed by atoms with Crippen LogP contribution in [0.4, 0.5) is 4.79 Å². The van der Waals surface area contributed by atoms with Crippen LogP contribution in [-0.2, 0) is 22.6 Å². The summed E-state index contributed by atoms with van der Waals surface area (Å²) in [5.74, 6) is -1.14. The molecule has 2 rings (SSSR count). The third-order valence-electron chi connectivity index (χ3n) is 3.15. The molecule has 0 heterocycles. The van der Waals surface area contributed by atoms with E-state index in [1.807, 2.05) is 18.2 Å². The molecule has 1 atom stereocenters. The average Bonchev–Trinajstić information content (AvgIpc) is 2.53. The van der Waals surface area contributed by atoms with Crippen LogP contribution in [0.25, 0.3) is 0 Å². The number of hydrogen-bond acceptors (Lipinski definition) is 4. The second-order valence-corrected chi connectivity index (χ2v) is 4.97. The molecule has 1 amide bonds. The second kappa shape index (κ2) is 7.84. The average molecular weight is 315 g/mol. The number of carboxylic acid groups (broad SMARTS) is 1. The third-order valence-corrected chi connectivity index (χ3v) is 3.15. The summed E-state index contributed by atoms with van der Waals surface area (Å²) in [5.41, 5.74) is 1.41. The molecule has 6 heteroatoms. The smallest absolute Gasteiger partial charge is 0.408 e. The highest BCUT2D eigenvalue weighted by Crippen LogP contribution is 2.13. The van der Waals surface area contributed by atoms with Gasteiger partial charge in [-0.3, -0.25) is 0 Å². The molecular formula is C17H17NO5. The molecule has 0 aliphatic rings. The number of carbonyl (C=O) groups excluding carboxylic acids is 1. The summed E-state index contributed by atoms with van der Waals surface area (Å²) in [7, 11) is 0. The van der Waals surface area contributed by atoms with E-state index in [0.717, 1.165) is 5.56 Å². The van der Waals surface area contributed by atoms with Gasteiger partial charge in [-0.25, -0.2) is 9.59 Å². The highest BCUT2D eigenvalue weighted by atomic mass is 16.5. The molecular weight excluding hydrogens is 298 g/mol. The second-order valence-electron chi connectivity index (χ2n) is 4.97. The molecule has 0 spiro atoms. The minimum atomic E-state index is -1.18. The molecule has 6 nitrogen and oxygen atoms in total. The number of phenolic OH excluding ortho intramolecular Hbond substituents is 1. The molecule has 3 N–H and O–H groups in total. The van der Waals surface area contributed by atoms with E-state index in [1.54, 1.807) is 24.3 Å². The first-order chi connectivity index (χ1) is 11.0. The van der Waals surface area contributed by atoms with Crippen molar-refractivity contribution in [3.05, 3.63) is 65.7 Å². The fourth-order valence-corrected chi connectivity index (χ4v) is 2.03. The number of benzene rings is 2. The summed E-state index contributed by atoms with van der Waals surface area (Å²) < 4.78 is 5.01. The Morgan fingerprint density at radius 2 is 1.74 bits per heavy atom. The van der Waals surface area contributed by atoms with Crippen LogP contribution in [0.5, 0.6) is 5.75 Å². The number of ether oxygens (including phenoxy) is 1. The first-order valence-electron chi connectivity index (χ1n) is 7.02. The van der Waals surface area contributed by atoms with Crippen LogP contribution in [0.1, 0.15) is 11.1 Å². The molecule has 2 aromatic carbocycles.